The van der Waals surface area contributed by atoms with Gasteiger partial charge in [-0.3, -0.25) is 19.0 Å². The van der Waals surface area contributed by atoms with Gasteiger partial charge in [-0.25, -0.2) is 4.98 Å². The normalized spacial score (nSPS) is 10.6. The van der Waals surface area contributed by atoms with Gasteiger partial charge in [0.15, 0.2) is 0 Å². The molecule has 1 heterocycles. The fourth-order valence-corrected chi connectivity index (χ4v) is 3.22. The van der Waals surface area contributed by atoms with Crippen molar-refractivity contribution >= 4 is 28.4 Å². The van der Waals surface area contributed by atoms with E-state index in [2.05, 4.69) is 15.6 Å². The lowest BCUT2D eigenvalue weighted by molar-refractivity contribution is -0.114. The van der Waals surface area contributed by atoms with Crippen LogP contribution >= 0.6 is 0 Å². The summed E-state index contributed by atoms with van der Waals surface area (Å²) in [6.45, 7) is 1.81. The summed E-state index contributed by atoms with van der Waals surface area (Å²) in [5.74, 6) is -0.354. The van der Waals surface area contributed by atoms with Crippen LogP contribution < -0.4 is 16.2 Å². The zero-order chi connectivity index (χ0) is 21.8. The number of rotatable bonds is 5. The summed E-state index contributed by atoms with van der Waals surface area (Å²) in [5.41, 5.74) is 3.22. The van der Waals surface area contributed by atoms with Crippen molar-refractivity contribution in [2.75, 3.05) is 5.32 Å². The summed E-state index contributed by atoms with van der Waals surface area (Å²) in [6.07, 6.45) is 1.49. The number of amides is 2. The SMILES string of the molecule is CC(=O)Nc1ccc(CNC(=O)c2ccc(-n3cnc4ccccc4c3=O)cc2)cc1. The fraction of sp³-hybridized carbons (Fsp3) is 0.0833. The van der Waals surface area contributed by atoms with Gasteiger partial charge in [0.2, 0.25) is 5.91 Å². The van der Waals surface area contributed by atoms with Crippen LogP contribution in [0.4, 0.5) is 5.69 Å². The number of anilines is 1. The molecule has 0 bridgehead atoms. The molecule has 154 valence electrons. The van der Waals surface area contributed by atoms with E-state index in [4.69, 9.17) is 0 Å². The lowest BCUT2D eigenvalue weighted by atomic mass is 10.1. The minimum Gasteiger partial charge on any atom is -0.348 e. The molecular formula is C24H20N4O3. The molecule has 7 heteroatoms. The number of para-hydroxylation sites is 1. The van der Waals surface area contributed by atoms with Gasteiger partial charge < -0.3 is 10.6 Å². The Morgan fingerprint density at radius 2 is 1.65 bits per heavy atom. The van der Waals surface area contributed by atoms with Crippen LogP contribution in [0.3, 0.4) is 0 Å². The van der Waals surface area contributed by atoms with Crippen LogP contribution in [0.1, 0.15) is 22.8 Å². The number of hydrogen-bond acceptors (Lipinski definition) is 4. The van der Waals surface area contributed by atoms with Crippen molar-refractivity contribution in [2.24, 2.45) is 0 Å². The molecule has 1 aromatic heterocycles. The second kappa shape index (κ2) is 8.62. The molecule has 0 aliphatic rings. The predicted molar refractivity (Wildman–Crippen MR) is 119 cm³/mol. The van der Waals surface area contributed by atoms with E-state index >= 15 is 0 Å². The number of fused-ring (bicyclic) bond motifs is 1. The third kappa shape index (κ3) is 4.51. The highest BCUT2D eigenvalue weighted by Crippen LogP contribution is 2.12. The molecule has 0 radical (unpaired) electrons. The molecule has 0 aliphatic heterocycles. The summed E-state index contributed by atoms with van der Waals surface area (Å²) in [5, 5.41) is 6.10. The molecule has 0 aliphatic carbocycles. The lowest BCUT2D eigenvalue weighted by Crippen LogP contribution is -2.23. The second-order valence-corrected chi connectivity index (χ2v) is 7.04. The van der Waals surface area contributed by atoms with E-state index in [-0.39, 0.29) is 17.4 Å². The smallest absolute Gasteiger partial charge is 0.265 e. The van der Waals surface area contributed by atoms with E-state index in [1.807, 2.05) is 18.2 Å². The van der Waals surface area contributed by atoms with E-state index in [0.717, 1.165) is 5.56 Å². The molecule has 0 fully saturated rings. The van der Waals surface area contributed by atoms with Crippen molar-refractivity contribution in [3.05, 3.63) is 101 Å². The molecule has 0 unspecified atom stereocenters. The average molecular weight is 412 g/mol. The Balaban J connectivity index is 1.44. The van der Waals surface area contributed by atoms with Crippen LogP contribution in [-0.2, 0) is 11.3 Å². The number of hydrogen-bond donors (Lipinski definition) is 2. The highest BCUT2D eigenvalue weighted by atomic mass is 16.2. The number of carbonyl (C=O) groups excluding carboxylic acids is 2. The molecule has 2 N–H and O–H groups in total. The average Bonchev–Trinajstić information content (AvgIpc) is 2.79. The molecule has 0 saturated carbocycles. The Labute approximate surface area is 178 Å². The zero-order valence-corrected chi connectivity index (χ0v) is 16.8. The number of carbonyl (C=O) groups is 2. The molecule has 4 rings (SSSR count). The third-order valence-electron chi connectivity index (χ3n) is 4.80. The first-order chi connectivity index (χ1) is 15.0. The highest BCUT2D eigenvalue weighted by molar-refractivity contribution is 5.94. The Morgan fingerprint density at radius 3 is 2.35 bits per heavy atom. The number of nitrogens with zero attached hydrogens (tertiary/aromatic N) is 2. The maximum Gasteiger partial charge on any atom is 0.265 e. The summed E-state index contributed by atoms with van der Waals surface area (Å²) in [6, 6.07) is 21.2. The molecule has 3 aromatic carbocycles. The molecule has 2 amide bonds. The van der Waals surface area contributed by atoms with Crippen LogP contribution in [0.15, 0.2) is 83.9 Å². The minimum absolute atomic E-state index is 0.133. The van der Waals surface area contributed by atoms with Crippen molar-refractivity contribution in [3.63, 3.8) is 0 Å². The van der Waals surface area contributed by atoms with Gasteiger partial charge in [-0.15, -0.1) is 0 Å². The first-order valence-corrected chi connectivity index (χ1v) is 9.73. The van der Waals surface area contributed by atoms with Gasteiger partial charge >= 0.3 is 0 Å². The van der Waals surface area contributed by atoms with Gasteiger partial charge in [0.05, 0.1) is 16.6 Å². The fourth-order valence-electron chi connectivity index (χ4n) is 3.22. The van der Waals surface area contributed by atoms with Crippen LogP contribution in [0.25, 0.3) is 16.6 Å². The van der Waals surface area contributed by atoms with Crippen molar-refractivity contribution in [1.82, 2.24) is 14.9 Å². The maximum absolute atomic E-state index is 12.7. The highest BCUT2D eigenvalue weighted by Gasteiger charge is 2.08. The molecule has 0 saturated heterocycles. The van der Waals surface area contributed by atoms with Gasteiger partial charge in [0.25, 0.3) is 11.5 Å². The van der Waals surface area contributed by atoms with E-state index in [9.17, 15) is 14.4 Å². The monoisotopic (exact) mass is 412 g/mol. The van der Waals surface area contributed by atoms with E-state index in [1.165, 1.54) is 17.8 Å². The quantitative estimate of drug-likeness (QED) is 0.526. The van der Waals surface area contributed by atoms with Gasteiger partial charge in [-0.05, 0) is 54.1 Å². The Hall–Kier alpha value is -4.26. The Morgan fingerprint density at radius 1 is 0.935 bits per heavy atom. The number of benzene rings is 3. The number of aromatic nitrogens is 2. The van der Waals surface area contributed by atoms with Crippen LogP contribution in [0, 0.1) is 0 Å². The Bertz CT molecular complexity index is 1310. The van der Waals surface area contributed by atoms with Crippen molar-refractivity contribution in [3.8, 4) is 5.69 Å². The largest absolute Gasteiger partial charge is 0.348 e. The van der Waals surface area contributed by atoms with Gasteiger partial charge in [-0.2, -0.15) is 0 Å². The second-order valence-electron chi connectivity index (χ2n) is 7.04. The van der Waals surface area contributed by atoms with Gasteiger partial charge in [-0.1, -0.05) is 24.3 Å². The van der Waals surface area contributed by atoms with Crippen molar-refractivity contribution in [1.29, 1.82) is 0 Å². The van der Waals surface area contributed by atoms with Gasteiger partial charge in [0, 0.05) is 24.7 Å². The van der Waals surface area contributed by atoms with E-state index in [1.54, 1.807) is 54.6 Å². The van der Waals surface area contributed by atoms with E-state index in [0.29, 0.717) is 34.4 Å². The number of nitrogens with one attached hydrogen (secondary N) is 2. The third-order valence-corrected chi connectivity index (χ3v) is 4.80. The molecule has 31 heavy (non-hydrogen) atoms. The summed E-state index contributed by atoms with van der Waals surface area (Å²) in [4.78, 5) is 40.6. The van der Waals surface area contributed by atoms with Crippen molar-refractivity contribution < 1.29 is 9.59 Å². The van der Waals surface area contributed by atoms with Crippen LogP contribution in [-0.4, -0.2) is 21.4 Å². The molecular weight excluding hydrogens is 392 g/mol. The Kier molecular flexibility index (Phi) is 5.57. The van der Waals surface area contributed by atoms with Gasteiger partial charge in [0.1, 0.15) is 6.33 Å². The minimum atomic E-state index is -0.221. The van der Waals surface area contributed by atoms with Crippen molar-refractivity contribution in [2.45, 2.75) is 13.5 Å². The zero-order valence-electron chi connectivity index (χ0n) is 16.8. The summed E-state index contributed by atoms with van der Waals surface area (Å²) >= 11 is 0. The van der Waals surface area contributed by atoms with Crippen LogP contribution in [0.5, 0.6) is 0 Å². The first kappa shape index (κ1) is 20.0. The topological polar surface area (TPSA) is 93.1 Å². The molecule has 7 nitrogen and oxygen atoms in total. The maximum atomic E-state index is 12.7. The molecule has 0 spiro atoms. The summed E-state index contributed by atoms with van der Waals surface area (Å²) < 4.78 is 1.46. The first-order valence-electron chi connectivity index (χ1n) is 9.73. The van der Waals surface area contributed by atoms with Crippen LogP contribution in [0.2, 0.25) is 0 Å². The van der Waals surface area contributed by atoms with E-state index < -0.39 is 0 Å². The standard InChI is InChI=1S/C24H20N4O3/c1-16(29)27-19-10-6-17(7-11-19)14-25-23(30)18-8-12-20(13-9-18)28-15-26-22-5-3-2-4-21(22)24(28)31/h2-13,15H,14H2,1H3,(H,25,30)(H,27,29). The molecule has 4 aromatic rings. The summed E-state index contributed by atoms with van der Waals surface area (Å²) in [7, 11) is 0. The lowest BCUT2D eigenvalue weighted by Gasteiger charge is -2.09. The predicted octanol–water partition coefficient (Wildman–Crippen LogP) is 3.27. The molecule has 0 atom stereocenters.